The number of benzene rings is 2. The van der Waals surface area contributed by atoms with Crippen molar-refractivity contribution >= 4 is 93.5 Å². The molecule has 0 aromatic heterocycles. The fourth-order valence-corrected chi connectivity index (χ4v) is 4.26. The maximum absolute atomic E-state index is 11.6. The second-order valence-corrected chi connectivity index (χ2v) is 12.7. The SMILES string of the molecule is NCCBr.O=S(=O)(Cl)c1ccc(Br)cc1.O=S(=O)(NCCBr)c1ccc(Br)cc1. The van der Waals surface area contributed by atoms with Gasteiger partial charge in [-0.05, 0) is 48.5 Å². The fraction of sp³-hybridized carbons (Fsp3) is 0.250. The zero-order valence-corrected chi connectivity index (χ0v) is 23.6. The van der Waals surface area contributed by atoms with E-state index in [0.717, 1.165) is 20.8 Å². The Morgan fingerprint density at radius 2 is 1.17 bits per heavy atom. The molecule has 0 aliphatic carbocycles. The number of rotatable bonds is 6. The minimum absolute atomic E-state index is 0.113. The van der Waals surface area contributed by atoms with Gasteiger partial charge in [-0.15, -0.1) is 0 Å². The molecule has 0 saturated carbocycles. The largest absolute Gasteiger partial charge is 0.330 e. The molecule has 0 amide bonds. The summed E-state index contributed by atoms with van der Waals surface area (Å²) in [5.74, 6) is 0. The van der Waals surface area contributed by atoms with Crippen molar-refractivity contribution in [3.8, 4) is 0 Å². The van der Waals surface area contributed by atoms with Gasteiger partial charge in [-0.25, -0.2) is 21.6 Å². The number of halogens is 5. The summed E-state index contributed by atoms with van der Waals surface area (Å²) in [6, 6.07) is 12.6. The van der Waals surface area contributed by atoms with E-state index in [2.05, 4.69) is 68.4 Å². The van der Waals surface area contributed by atoms with E-state index >= 15 is 0 Å². The van der Waals surface area contributed by atoms with Crippen LogP contribution in [0.2, 0.25) is 0 Å². The lowest BCUT2D eigenvalue weighted by molar-refractivity contribution is 0.584. The molecular formula is C16H19Br4ClN2O4S2. The highest BCUT2D eigenvalue weighted by molar-refractivity contribution is 9.11. The van der Waals surface area contributed by atoms with Crippen LogP contribution < -0.4 is 10.5 Å². The highest BCUT2D eigenvalue weighted by Gasteiger charge is 2.12. The number of nitrogens with one attached hydrogen (secondary N) is 1. The van der Waals surface area contributed by atoms with Crippen LogP contribution in [0.4, 0.5) is 0 Å². The number of hydrogen-bond acceptors (Lipinski definition) is 5. The van der Waals surface area contributed by atoms with Gasteiger partial charge >= 0.3 is 0 Å². The molecule has 0 spiro atoms. The average molecular weight is 723 g/mol. The number of sulfonamides is 1. The average Bonchev–Trinajstić information content (AvgIpc) is 2.67. The number of hydrogen-bond donors (Lipinski definition) is 2. The Bertz CT molecular complexity index is 924. The summed E-state index contributed by atoms with van der Waals surface area (Å²) >= 11 is 12.7. The molecular weight excluding hydrogens is 703 g/mol. The normalized spacial score (nSPS) is 11.0. The van der Waals surface area contributed by atoms with Gasteiger partial charge in [-0.2, -0.15) is 0 Å². The van der Waals surface area contributed by atoms with Gasteiger partial charge in [0.05, 0.1) is 9.79 Å². The van der Waals surface area contributed by atoms with Crippen LogP contribution in [0.1, 0.15) is 0 Å². The quantitative estimate of drug-likeness (QED) is 0.328. The summed E-state index contributed by atoms with van der Waals surface area (Å²) < 4.78 is 48.6. The molecule has 164 valence electrons. The van der Waals surface area contributed by atoms with Crippen molar-refractivity contribution in [2.24, 2.45) is 5.73 Å². The summed E-state index contributed by atoms with van der Waals surface area (Å²) in [5, 5.41) is 1.51. The van der Waals surface area contributed by atoms with Crippen LogP contribution in [0.5, 0.6) is 0 Å². The molecule has 0 heterocycles. The highest BCUT2D eigenvalue weighted by Crippen LogP contribution is 2.17. The molecule has 0 aliphatic heterocycles. The van der Waals surface area contributed by atoms with E-state index < -0.39 is 19.1 Å². The third kappa shape index (κ3) is 13.5. The van der Waals surface area contributed by atoms with Crippen LogP contribution >= 0.6 is 74.4 Å². The molecule has 0 fully saturated rings. The monoisotopic (exact) mass is 718 g/mol. The molecule has 3 N–H and O–H groups in total. The van der Waals surface area contributed by atoms with Crippen molar-refractivity contribution in [1.29, 1.82) is 0 Å². The van der Waals surface area contributed by atoms with Gasteiger partial charge in [-0.1, -0.05) is 63.7 Å². The Morgan fingerprint density at radius 1 is 0.793 bits per heavy atom. The molecule has 0 atom stereocenters. The van der Waals surface area contributed by atoms with E-state index in [9.17, 15) is 16.8 Å². The minimum Gasteiger partial charge on any atom is -0.330 e. The van der Waals surface area contributed by atoms with E-state index in [-0.39, 0.29) is 9.79 Å². The van der Waals surface area contributed by atoms with Crippen LogP contribution in [-0.4, -0.2) is 40.6 Å². The maximum atomic E-state index is 11.6. The van der Waals surface area contributed by atoms with E-state index in [4.69, 9.17) is 16.4 Å². The van der Waals surface area contributed by atoms with Gasteiger partial charge < -0.3 is 5.73 Å². The molecule has 0 radical (unpaired) electrons. The molecule has 0 aliphatic rings. The fourth-order valence-electron chi connectivity index (χ4n) is 1.47. The summed E-state index contributed by atoms with van der Waals surface area (Å²) in [4.78, 5) is 0.393. The van der Waals surface area contributed by atoms with E-state index in [0.29, 0.717) is 11.9 Å². The van der Waals surface area contributed by atoms with Gasteiger partial charge in [0.25, 0.3) is 9.05 Å². The summed E-state index contributed by atoms with van der Waals surface area (Å²) in [7, 11) is -1.84. The van der Waals surface area contributed by atoms with Crippen molar-refractivity contribution in [2.75, 3.05) is 23.7 Å². The Kier molecular flexibility index (Phi) is 15.5. The third-order valence-electron chi connectivity index (χ3n) is 2.71. The number of alkyl halides is 2. The first-order chi connectivity index (χ1) is 13.5. The zero-order chi connectivity index (χ0) is 22.5. The van der Waals surface area contributed by atoms with Crippen molar-refractivity contribution in [3.63, 3.8) is 0 Å². The Hall–Kier alpha value is 0.470. The standard InChI is InChI=1S/C8H9Br2NO2S.C6H4BrClO2S.C2H6BrN/c9-5-6-11-14(12,13)8-3-1-7(10)2-4-8;7-5-1-3-6(4-2-5)11(8,9)10;3-1-2-4/h1-4,11H,5-6H2;1-4H;1-2,4H2. The molecule has 29 heavy (non-hydrogen) atoms. The first-order valence-corrected chi connectivity index (χ1v) is 15.4. The van der Waals surface area contributed by atoms with Gasteiger partial charge in [-0.3, -0.25) is 0 Å². The number of nitrogens with two attached hydrogens (primary N) is 1. The predicted molar refractivity (Wildman–Crippen MR) is 133 cm³/mol. The van der Waals surface area contributed by atoms with Crippen molar-refractivity contribution in [2.45, 2.75) is 9.79 Å². The second kappa shape index (κ2) is 15.3. The molecule has 2 aromatic rings. The molecule has 0 bridgehead atoms. The smallest absolute Gasteiger partial charge is 0.261 e. The molecule has 13 heteroatoms. The first kappa shape index (κ1) is 29.5. The predicted octanol–water partition coefficient (Wildman–Crippen LogP) is 4.84. The summed E-state index contributed by atoms with van der Waals surface area (Å²) in [6.07, 6.45) is 0. The molecule has 0 saturated heterocycles. The van der Waals surface area contributed by atoms with Gasteiger partial charge in [0.15, 0.2) is 0 Å². The van der Waals surface area contributed by atoms with E-state index in [1.807, 2.05) is 0 Å². The Labute approximate surface area is 210 Å². The van der Waals surface area contributed by atoms with Gasteiger partial charge in [0.1, 0.15) is 0 Å². The molecule has 2 rings (SSSR count). The molecule has 0 unspecified atom stereocenters. The molecule has 6 nitrogen and oxygen atoms in total. The molecule has 2 aromatic carbocycles. The van der Waals surface area contributed by atoms with Gasteiger partial charge in [0.2, 0.25) is 10.0 Å². The van der Waals surface area contributed by atoms with Crippen LogP contribution in [0, 0.1) is 0 Å². The van der Waals surface area contributed by atoms with Crippen molar-refractivity contribution in [1.82, 2.24) is 4.72 Å². The van der Waals surface area contributed by atoms with Crippen LogP contribution in [0.3, 0.4) is 0 Å². The lowest BCUT2D eigenvalue weighted by Gasteiger charge is -2.04. The Balaban J connectivity index is 0.000000466. The minimum atomic E-state index is -3.57. The third-order valence-corrected chi connectivity index (χ3v) is 7.47. The maximum Gasteiger partial charge on any atom is 0.261 e. The first-order valence-electron chi connectivity index (χ1n) is 7.75. The zero-order valence-electron chi connectivity index (χ0n) is 14.9. The lowest BCUT2D eigenvalue weighted by Crippen LogP contribution is -2.25. The second-order valence-electron chi connectivity index (χ2n) is 4.91. The van der Waals surface area contributed by atoms with Crippen molar-refractivity contribution in [3.05, 3.63) is 57.5 Å². The Morgan fingerprint density at radius 3 is 1.48 bits per heavy atom. The van der Waals surface area contributed by atoms with Crippen LogP contribution in [-0.2, 0) is 19.1 Å². The van der Waals surface area contributed by atoms with Crippen molar-refractivity contribution < 1.29 is 16.8 Å². The van der Waals surface area contributed by atoms with E-state index in [1.165, 1.54) is 12.1 Å². The van der Waals surface area contributed by atoms with Crippen LogP contribution in [0.15, 0.2) is 67.3 Å². The highest BCUT2D eigenvalue weighted by atomic mass is 79.9. The topological polar surface area (TPSA) is 106 Å². The summed E-state index contributed by atoms with van der Waals surface area (Å²) in [6.45, 7) is 1.12. The summed E-state index contributed by atoms with van der Waals surface area (Å²) in [5.41, 5.74) is 4.98. The van der Waals surface area contributed by atoms with Gasteiger partial charge in [0, 0.05) is 43.4 Å². The van der Waals surface area contributed by atoms with E-state index in [1.54, 1.807) is 36.4 Å². The lowest BCUT2D eigenvalue weighted by atomic mass is 10.4. The van der Waals surface area contributed by atoms with Crippen LogP contribution in [0.25, 0.3) is 0 Å².